The van der Waals surface area contributed by atoms with Crippen molar-refractivity contribution in [3.8, 4) is 11.3 Å². The van der Waals surface area contributed by atoms with E-state index in [0.29, 0.717) is 18.8 Å². The van der Waals surface area contributed by atoms with E-state index >= 15 is 0 Å². The number of hydrogen-bond donors (Lipinski definition) is 2. The molecule has 2 aromatic heterocycles. The fraction of sp³-hybridized carbons (Fsp3) is 0.429. The van der Waals surface area contributed by atoms with E-state index in [9.17, 15) is 13.2 Å². The average molecular weight is 431 g/mol. The van der Waals surface area contributed by atoms with Crippen molar-refractivity contribution in [1.82, 2.24) is 19.9 Å². The zero-order valence-electron chi connectivity index (χ0n) is 17.3. The summed E-state index contributed by atoms with van der Waals surface area (Å²) in [7, 11) is -3.49. The summed E-state index contributed by atoms with van der Waals surface area (Å²) in [5.41, 5.74) is 2.07. The Bertz CT molecular complexity index is 1230. The molecule has 1 fully saturated rings. The van der Waals surface area contributed by atoms with Gasteiger partial charge in [-0.3, -0.25) is 9.36 Å². The maximum atomic E-state index is 13.3. The van der Waals surface area contributed by atoms with Crippen molar-refractivity contribution in [2.24, 2.45) is 0 Å². The van der Waals surface area contributed by atoms with E-state index in [-0.39, 0.29) is 17.5 Å². The smallest absolute Gasteiger partial charge is 0.276 e. The molecule has 3 atom stereocenters. The Hall–Kier alpha value is -2.49. The van der Waals surface area contributed by atoms with Gasteiger partial charge in [0, 0.05) is 47.2 Å². The van der Waals surface area contributed by atoms with Gasteiger partial charge in [0.15, 0.2) is 9.84 Å². The monoisotopic (exact) mass is 430 g/mol. The number of aromatic amines is 1. The van der Waals surface area contributed by atoms with Gasteiger partial charge in [-0.15, -0.1) is 0 Å². The van der Waals surface area contributed by atoms with Crippen LogP contribution >= 0.6 is 0 Å². The van der Waals surface area contributed by atoms with Gasteiger partial charge in [-0.05, 0) is 26.0 Å². The number of H-pyrrole nitrogens is 1. The van der Waals surface area contributed by atoms with E-state index in [0.717, 1.165) is 16.5 Å². The Labute approximate surface area is 175 Å². The lowest BCUT2D eigenvalue weighted by molar-refractivity contribution is -0.00395. The number of nitrogens with zero attached hydrogens (tertiary/aromatic N) is 2. The standard InChI is InChI=1S/C21H26N4O4S/c1-4-30(27,28)14(3)25-12-18(15-6-5-7-17-16(15)8-9-23-17)24-19(21(25)26)20-13(2)22-10-11-29-20/h5-9,12-14,20,22-23H,4,10-11H2,1-3H3/t13?,14?,20-/m1/s1. The zero-order valence-corrected chi connectivity index (χ0v) is 18.1. The third-order valence-corrected chi connectivity index (χ3v) is 7.80. The molecule has 8 nitrogen and oxygen atoms in total. The molecule has 1 aliphatic rings. The first-order valence-electron chi connectivity index (χ1n) is 10.1. The molecule has 3 heterocycles. The largest absolute Gasteiger partial charge is 0.369 e. The number of morpholine rings is 1. The van der Waals surface area contributed by atoms with Crippen molar-refractivity contribution in [3.05, 3.63) is 52.7 Å². The van der Waals surface area contributed by atoms with Crippen LogP contribution < -0.4 is 10.9 Å². The van der Waals surface area contributed by atoms with Crippen LogP contribution in [-0.2, 0) is 14.6 Å². The third kappa shape index (κ3) is 3.57. The van der Waals surface area contributed by atoms with E-state index in [1.807, 2.05) is 37.4 Å². The highest BCUT2D eigenvalue weighted by Gasteiger charge is 2.31. The van der Waals surface area contributed by atoms with Gasteiger partial charge >= 0.3 is 0 Å². The van der Waals surface area contributed by atoms with E-state index in [2.05, 4.69) is 10.3 Å². The summed E-state index contributed by atoms with van der Waals surface area (Å²) in [6.45, 7) is 6.19. The fourth-order valence-electron chi connectivity index (χ4n) is 3.88. The van der Waals surface area contributed by atoms with Crippen molar-refractivity contribution in [2.75, 3.05) is 18.9 Å². The van der Waals surface area contributed by atoms with Gasteiger partial charge in [-0.25, -0.2) is 13.4 Å². The van der Waals surface area contributed by atoms with Crippen LogP contribution in [0.15, 0.2) is 41.5 Å². The summed E-state index contributed by atoms with van der Waals surface area (Å²) in [4.78, 5) is 21.2. The van der Waals surface area contributed by atoms with Crippen LogP contribution in [0, 0.1) is 0 Å². The topological polar surface area (TPSA) is 106 Å². The molecule has 3 aromatic rings. The molecule has 0 bridgehead atoms. The average Bonchev–Trinajstić information content (AvgIpc) is 3.23. The molecule has 9 heteroatoms. The second-order valence-electron chi connectivity index (χ2n) is 7.55. The van der Waals surface area contributed by atoms with E-state index in [1.165, 1.54) is 11.5 Å². The van der Waals surface area contributed by atoms with Gasteiger partial charge in [0.1, 0.15) is 17.2 Å². The van der Waals surface area contributed by atoms with Crippen LogP contribution in [-0.4, -0.2) is 47.9 Å². The van der Waals surface area contributed by atoms with Gasteiger partial charge in [0.05, 0.1) is 12.3 Å². The molecular weight excluding hydrogens is 404 g/mol. The number of aromatic nitrogens is 3. The second kappa shape index (κ2) is 7.98. The molecule has 1 aromatic carbocycles. The van der Waals surface area contributed by atoms with Crippen LogP contribution in [0.5, 0.6) is 0 Å². The van der Waals surface area contributed by atoms with E-state index < -0.39 is 26.9 Å². The molecule has 1 saturated heterocycles. The quantitative estimate of drug-likeness (QED) is 0.644. The Balaban J connectivity index is 1.97. The zero-order chi connectivity index (χ0) is 21.5. The molecule has 0 spiro atoms. The molecule has 0 aliphatic carbocycles. The van der Waals surface area contributed by atoms with Crippen LogP contribution in [0.2, 0.25) is 0 Å². The second-order valence-corrected chi connectivity index (χ2v) is 10.1. The van der Waals surface area contributed by atoms with Crippen molar-refractivity contribution >= 4 is 20.7 Å². The minimum Gasteiger partial charge on any atom is -0.369 e. The van der Waals surface area contributed by atoms with E-state index in [4.69, 9.17) is 9.72 Å². The lowest BCUT2D eigenvalue weighted by Gasteiger charge is -2.30. The van der Waals surface area contributed by atoms with Crippen LogP contribution in [0.3, 0.4) is 0 Å². The SMILES string of the molecule is CCS(=O)(=O)C(C)n1cc(-c2cccc3[nH]ccc23)nc([C@@H]2OCCNC2C)c1=O. The number of nitrogens with one attached hydrogen (secondary N) is 2. The first-order chi connectivity index (χ1) is 14.3. The molecule has 0 saturated carbocycles. The minimum atomic E-state index is -3.49. The molecular formula is C21H26N4O4S. The van der Waals surface area contributed by atoms with Crippen molar-refractivity contribution < 1.29 is 13.2 Å². The molecule has 30 heavy (non-hydrogen) atoms. The summed E-state index contributed by atoms with van der Waals surface area (Å²) >= 11 is 0. The van der Waals surface area contributed by atoms with Crippen molar-refractivity contribution in [1.29, 1.82) is 0 Å². The molecule has 160 valence electrons. The molecule has 2 N–H and O–H groups in total. The van der Waals surface area contributed by atoms with Crippen LogP contribution in [0.25, 0.3) is 22.2 Å². The minimum absolute atomic E-state index is 0.0567. The highest BCUT2D eigenvalue weighted by atomic mass is 32.2. The number of fused-ring (bicyclic) bond motifs is 1. The third-order valence-electron chi connectivity index (χ3n) is 5.73. The Kier molecular flexibility index (Phi) is 5.52. The van der Waals surface area contributed by atoms with Crippen molar-refractivity contribution in [2.45, 2.75) is 38.3 Å². The first-order valence-corrected chi connectivity index (χ1v) is 11.8. The van der Waals surface area contributed by atoms with Crippen LogP contribution in [0.1, 0.15) is 37.9 Å². The summed E-state index contributed by atoms with van der Waals surface area (Å²) in [6, 6.07) is 7.59. The highest BCUT2D eigenvalue weighted by molar-refractivity contribution is 7.91. The summed E-state index contributed by atoms with van der Waals surface area (Å²) in [5, 5.41) is 3.24. The molecule has 0 radical (unpaired) electrons. The molecule has 1 aliphatic heterocycles. The van der Waals surface area contributed by atoms with E-state index in [1.54, 1.807) is 13.1 Å². The first kappa shape index (κ1) is 20.8. The van der Waals surface area contributed by atoms with Gasteiger partial charge in [-0.1, -0.05) is 19.1 Å². The van der Waals surface area contributed by atoms with Gasteiger partial charge in [0.25, 0.3) is 5.56 Å². The molecule has 0 amide bonds. The predicted octanol–water partition coefficient (Wildman–Crippen LogP) is 2.39. The van der Waals surface area contributed by atoms with Gasteiger partial charge < -0.3 is 15.0 Å². The maximum absolute atomic E-state index is 13.3. The fourth-order valence-corrected chi connectivity index (χ4v) is 4.86. The number of hydrogen-bond acceptors (Lipinski definition) is 6. The van der Waals surface area contributed by atoms with Gasteiger partial charge in [-0.2, -0.15) is 0 Å². The molecule has 4 rings (SSSR count). The van der Waals surface area contributed by atoms with Gasteiger partial charge in [0.2, 0.25) is 0 Å². The molecule has 2 unspecified atom stereocenters. The Morgan fingerprint density at radius 2 is 2.13 bits per heavy atom. The normalized spacial score (nSPS) is 21.0. The maximum Gasteiger partial charge on any atom is 0.276 e. The highest BCUT2D eigenvalue weighted by Crippen LogP contribution is 2.29. The van der Waals surface area contributed by atoms with Crippen molar-refractivity contribution in [3.63, 3.8) is 0 Å². The number of rotatable bonds is 5. The summed E-state index contributed by atoms with van der Waals surface area (Å²) in [5.74, 6) is -0.0567. The van der Waals surface area contributed by atoms with Crippen LogP contribution in [0.4, 0.5) is 0 Å². The lowest BCUT2D eigenvalue weighted by Crippen LogP contribution is -2.45. The number of ether oxygens (including phenoxy) is 1. The summed E-state index contributed by atoms with van der Waals surface area (Å²) in [6.07, 6.45) is 2.83. The lowest BCUT2D eigenvalue weighted by atomic mass is 10.1. The number of sulfone groups is 1. The predicted molar refractivity (Wildman–Crippen MR) is 116 cm³/mol. The summed E-state index contributed by atoms with van der Waals surface area (Å²) < 4.78 is 32.3. The Morgan fingerprint density at radius 1 is 1.33 bits per heavy atom. The Morgan fingerprint density at radius 3 is 2.87 bits per heavy atom. The number of benzene rings is 1.